The lowest BCUT2D eigenvalue weighted by molar-refractivity contribution is 0.755. The molecule has 0 unspecified atom stereocenters. The normalized spacial score (nSPS) is 11.6. The van der Waals surface area contributed by atoms with Gasteiger partial charge >= 0.3 is 0 Å². The highest BCUT2D eigenvalue weighted by Gasteiger charge is 2.09. The Hall–Kier alpha value is -1.56. The molecule has 0 aromatic heterocycles. The highest BCUT2D eigenvalue weighted by molar-refractivity contribution is 5.88. The van der Waals surface area contributed by atoms with Gasteiger partial charge in [-0.3, -0.25) is 0 Å². The predicted molar refractivity (Wildman–Crippen MR) is 73.1 cm³/mol. The van der Waals surface area contributed by atoms with E-state index in [1.165, 1.54) is 10.9 Å². The third-order valence-electron chi connectivity index (χ3n) is 2.89. The number of hydrogen-bond donors (Lipinski definition) is 1. The molecule has 0 aliphatic carbocycles. The van der Waals surface area contributed by atoms with Gasteiger partial charge < -0.3 is 5.73 Å². The minimum Gasteiger partial charge on any atom is -0.323 e. The monoisotopic (exact) mass is 246 g/mol. The molecule has 2 nitrogen and oxygen atoms in total. The van der Waals surface area contributed by atoms with Crippen LogP contribution in [-0.2, 0) is 0 Å². The van der Waals surface area contributed by atoms with E-state index < -0.39 is 0 Å². The average molecular weight is 247 g/mol. The number of rotatable bonds is 2. The lowest BCUT2D eigenvalue weighted by Gasteiger charge is -2.13. The van der Waals surface area contributed by atoms with Crippen molar-refractivity contribution in [2.75, 3.05) is 0 Å². The molecule has 3 heteroatoms. The topological polar surface area (TPSA) is 49.8 Å². The maximum absolute atomic E-state index is 8.69. The van der Waals surface area contributed by atoms with Gasteiger partial charge in [0.25, 0.3) is 0 Å². The molecule has 0 radical (unpaired) electrons. The molecule has 2 rings (SSSR count). The second-order valence-electron chi connectivity index (χ2n) is 3.99. The van der Waals surface area contributed by atoms with Gasteiger partial charge in [0.15, 0.2) is 0 Å². The molecule has 2 N–H and O–H groups in total. The van der Waals surface area contributed by atoms with Crippen LogP contribution in [0.5, 0.6) is 0 Å². The van der Waals surface area contributed by atoms with Gasteiger partial charge in [-0.15, -0.1) is 12.4 Å². The molecule has 0 fully saturated rings. The summed E-state index contributed by atoms with van der Waals surface area (Å²) >= 11 is 0. The van der Waals surface area contributed by atoms with Crippen LogP contribution in [0.15, 0.2) is 36.4 Å². The molecule has 0 amide bonds. The van der Waals surface area contributed by atoms with Crippen LogP contribution in [0.3, 0.4) is 0 Å². The molecule has 0 aliphatic heterocycles. The van der Waals surface area contributed by atoms with Crippen molar-refractivity contribution in [1.82, 2.24) is 0 Å². The van der Waals surface area contributed by atoms with E-state index in [0.29, 0.717) is 6.42 Å². The second kappa shape index (κ2) is 5.67. The maximum atomic E-state index is 8.69. The predicted octanol–water partition coefficient (Wildman–Crippen LogP) is 3.48. The van der Waals surface area contributed by atoms with Crippen LogP contribution in [0.25, 0.3) is 10.8 Å². The van der Waals surface area contributed by atoms with Gasteiger partial charge in [0.2, 0.25) is 0 Å². The van der Waals surface area contributed by atoms with Gasteiger partial charge in [0, 0.05) is 6.04 Å². The second-order valence-corrected chi connectivity index (χ2v) is 3.99. The first-order valence-electron chi connectivity index (χ1n) is 5.35. The van der Waals surface area contributed by atoms with Gasteiger partial charge in [-0.05, 0) is 28.8 Å². The quantitative estimate of drug-likeness (QED) is 0.882. The van der Waals surface area contributed by atoms with Crippen molar-refractivity contribution in [3.63, 3.8) is 0 Å². The van der Waals surface area contributed by atoms with Gasteiger partial charge in [-0.2, -0.15) is 5.26 Å². The van der Waals surface area contributed by atoms with Crippen LogP contribution in [0, 0.1) is 18.3 Å². The lowest BCUT2D eigenvalue weighted by Crippen LogP contribution is -2.09. The molecule has 0 heterocycles. The molecule has 0 saturated carbocycles. The molecular formula is C14H15ClN2. The van der Waals surface area contributed by atoms with Gasteiger partial charge in [0.05, 0.1) is 12.5 Å². The molecule has 0 bridgehead atoms. The van der Waals surface area contributed by atoms with Crippen LogP contribution in [0.4, 0.5) is 0 Å². The van der Waals surface area contributed by atoms with Crippen LogP contribution in [0.1, 0.15) is 23.6 Å². The summed E-state index contributed by atoms with van der Waals surface area (Å²) in [6.07, 6.45) is 0.354. The Morgan fingerprint density at radius 2 is 1.82 bits per heavy atom. The molecule has 2 aromatic rings. The average Bonchev–Trinajstić information content (AvgIpc) is 2.30. The summed E-state index contributed by atoms with van der Waals surface area (Å²) in [5.74, 6) is 0. The minimum atomic E-state index is -0.199. The van der Waals surface area contributed by atoms with E-state index in [2.05, 4.69) is 31.2 Å². The number of benzene rings is 2. The first-order valence-corrected chi connectivity index (χ1v) is 5.35. The van der Waals surface area contributed by atoms with Crippen LogP contribution < -0.4 is 5.73 Å². The van der Waals surface area contributed by atoms with Crippen molar-refractivity contribution in [1.29, 1.82) is 5.26 Å². The summed E-state index contributed by atoms with van der Waals surface area (Å²) in [5.41, 5.74) is 8.30. The number of fused-ring (bicyclic) bond motifs is 1. The third kappa shape index (κ3) is 2.58. The number of nitriles is 1. The SMILES string of the molecule is Cc1ccc([C@@H](N)CC#N)c2ccccc12.Cl. The van der Waals surface area contributed by atoms with Crippen LogP contribution >= 0.6 is 12.4 Å². The van der Waals surface area contributed by atoms with E-state index in [1.807, 2.05) is 18.2 Å². The van der Waals surface area contributed by atoms with Crippen LogP contribution in [-0.4, -0.2) is 0 Å². The van der Waals surface area contributed by atoms with Crippen molar-refractivity contribution in [2.45, 2.75) is 19.4 Å². The highest BCUT2D eigenvalue weighted by atomic mass is 35.5. The zero-order valence-corrected chi connectivity index (χ0v) is 10.5. The summed E-state index contributed by atoms with van der Waals surface area (Å²) in [4.78, 5) is 0. The Morgan fingerprint density at radius 3 is 2.47 bits per heavy atom. The Balaban J connectivity index is 0.00000144. The van der Waals surface area contributed by atoms with Crippen molar-refractivity contribution in [2.24, 2.45) is 5.73 Å². The number of nitrogens with zero attached hydrogens (tertiary/aromatic N) is 1. The van der Waals surface area contributed by atoms with E-state index in [1.54, 1.807) is 0 Å². The number of hydrogen-bond acceptors (Lipinski definition) is 2. The Kier molecular flexibility index (Phi) is 4.51. The van der Waals surface area contributed by atoms with Gasteiger partial charge in [-0.1, -0.05) is 36.4 Å². The molecule has 1 atom stereocenters. The van der Waals surface area contributed by atoms with E-state index in [4.69, 9.17) is 11.0 Å². The van der Waals surface area contributed by atoms with Crippen molar-refractivity contribution in [3.05, 3.63) is 47.5 Å². The lowest BCUT2D eigenvalue weighted by atomic mass is 9.95. The number of aryl methyl sites for hydroxylation is 1. The fourth-order valence-corrected chi connectivity index (χ4v) is 2.00. The Labute approximate surface area is 107 Å². The Morgan fingerprint density at radius 1 is 1.18 bits per heavy atom. The minimum absolute atomic E-state index is 0. The van der Waals surface area contributed by atoms with Crippen molar-refractivity contribution >= 4 is 23.2 Å². The van der Waals surface area contributed by atoms with E-state index in [0.717, 1.165) is 10.9 Å². The van der Waals surface area contributed by atoms with Crippen molar-refractivity contribution < 1.29 is 0 Å². The zero-order chi connectivity index (χ0) is 11.5. The van der Waals surface area contributed by atoms with Gasteiger partial charge in [-0.25, -0.2) is 0 Å². The van der Waals surface area contributed by atoms with Crippen molar-refractivity contribution in [3.8, 4) is 6.07 Å². The van der Waals surface area contributed by atoms with E-state index >= 15 is 0 Å². The largest absolute Gasteiger partial charge is 0.323 e. The molecular weight excluding hydrogens is 232 g/mol. The summed E-state index contributed by atoms with van der Waals surface area (Å²) < 4.78 is 0. The molecule has 88 valence electrons. The molecule has 2 aromatic carbocycles. The maximum Gasteiger partial charge on any atom is 0.0641 e. The van der Waals surface area contributed by atoms with Gasteiger partial charge in [0.1, 0.15) is 0 Å². The highest BCUT2D eigenvalue weighted by Crippen LogP contribution is 2.26. The molecule has 17 heavy (non-hydrogen) atoms. The van der Waals surface area contributed by atoms with E-state index in [-0.39, 0.29) is 18.4 Å². The molecule has 0 aliphatic rings. The zero-order valence-electron chi connectivity index (χ0n) is 9.68. The molecule has 0 spiro atoms. The fourth-order valence-electron chi connectivity index (χ4n) is 2.00. The molecule has 0 saturated heterocycles. The summed E-state index contributed by atoms with van der Waals surface area (Å²) in [6.45, 7) is 2.09. The fraction of sp³-hybridized carbons (Fsp3) is 0.214. The number of halogens is 1. The van der Waals surface area contributed by atoms with E-state index in [9.17, 15) is 0 Å². The summed E-state index contributed by atoms with van der Waals surface area (Å²) in [6, 6.07) is 14.2. The standard InChI is InChI=1S/C14H14N2.ClH/c1-10-6-7-13(14(16)8-9-15)12-5-3-2-4-11(10)12;/h2-7,14H,8,16H2,1H3;1H/t14-;/m0./s1. The summed E-state index contributed by atoms with van der Waals surface area (Å²) in [7, 11) is 0. The smallest absolute Gasteiger partial charge is 0.0641 e. The first-order chi connectivity index (χ1) is 7.74. The Bertz CT molecular complexity index is 558. The number of nitrogens with two attached hydrogens (primary N) is 1. The first kappa shape index (κ1) is 13.5. The summed E-state index contributed by atoms with van der Waals surface area (Å²) in [5, 5.41) is 11.1. The third-order valence-corrected chi connectivity index (χ3v) is 2.89. The van der Waals surface area contributed by atoms with Crippen LogP contribution in [0.2, 0.25) is 0 Å².